The highest BCUT2D eigenvalue weighted by atomic mass is 17.2. The maximum absolute atomic E-state index is 10.7. The molecule has 0 saturated carbocycles. The lowest BCUT2D eigenvalue weighted by Crippen LogP contribution is -2.14. The van der Waals surface area contributed by atoms with E-state index in [0.717, 1.165) is 0 Å². The molecule has 13 heavy (non-hydrogen) atoms. The molecule has 0 N–H and O–H groups in total. The van der Waals surface area contributed by atoms with Crippen molar-refractivity contribution in [2.45, 2.75) is 13.8 Å². The van der Waals surface area contributed by atoms with Crippen molar-refractivity contribution >= 4 is 5.97 Å². The van der Waals surface area contributed by atoms with Crippen LogP contribution in [-0.2, 0) is 24.0 Å². The van der Waals surface area contributed by atoms with Crippen molar-refractivity contribution in [1.82, 2.24) is 0 Å². The Kier molecular flexibility index (Phi) is 8.97. The van der Waals surface area contributed by atoms with Crippen LogP contribution in [0.4, 0.5) is 0 Å². The van der Waals surface area contributed by atoms with Crippen LogP contribution in [0.5, 0.6) is 0 Å². The summed E-state index contributed by atoms with van der Waals surface area (Å²) in [5.41, 5.74) is 0. The number of hydrogen-bond donors (Lipinski definition) is 0. The molecule has 0 aromatic carbocycles. The van der Waals surface area contributed by atoms with E-state index in [1.807, 2.05) is 6.92 Å². The molecule has 0 spiro atoms. The van der Waals surface area contributed by atoms with Crippen LogP contribution in [0.1, 0.15) is 13.8 Å². The second kappa shape index (κ2) is 9.44. The van der Waals surface area contributed by atoms with Crippen LogP contribution in [0.15, 0.2) is 0 Å². The SMILES string of the molecule is CCOCCOOC(=O)COCC. The van der Waals surface area contributed by atoms with Gasteiger partial charge in [0.15, 0.2) is 0 Å². The van der Waals surface area contributed by atoms with E-state index in [9.17, 15) is 4.79 Å². The number of rotatable bonds is 8. The highest BCUT2D eigenvalue weighted by Gasteiger charge is 2.02. The minimum Gasteiger partial charge on any atom is -0.379 e. The van der Waals surface area contributed by atoms with E-state index in [2.05, 4.69) is 9.78 Å². The summed E-state index contributed by atoms with van der Waals surface area (Å²) in [4.78, 5) is 19.6. The van der Waals surface area contributed by atoms with Gasteiger partial charge in [0, 0.05) is 13.2 Å². The van der Waals surface area contributed by atoms with Crippen LogP contribution in [0.2, 0.25) is 0 Å². The average molecular weight is 192 g/mol. The summed E-state index contributed by atoms with van der Waals surface area (Å²) in [5.74, 6) is -0.529. The van der Waals surface area contributed by atoms with E-state index >= 15 is 0 Å². The van der Waals surface area contributed by atoms with Gasteiger partial charge in [0.05, 0.1) is 6.61 Å². The molecule has 0 radical (unpaired) electrons. The topological polar surface area (TPSA) is 54.0 Å². The van der Waals surface area contributed by atoms with Gasteiger partial charge in [-0.1, -0.05) is 0 Å². The third-order valence-corrected chi connectivity index (χ3v) is 1.09. The maximum Gasteiger partial charge on any atom is 0.367 e. The Balaban J connectivity index is 3.08. The average Bonchev–Trinajstić information content (AvgIpc) is 2.14. The normalized spacial score (nSPS) is 10.0. The van der Waals surface area contributed by atoms with Gasteiger partial charge in [-0.2, -0.15) is 4.89 Å². The van der Waals surface area contributed by atoms with E-state index < -0.39 is 5.97 Å². The van der Waals surface area contributed by atoms with Gasteiger partial charge >= 0.3 is 5.97 Å². The van der Waals surface area contributed by atoms with Crippen molar-refractivity contribution in [1.29, 1.82) is 0 Å². The van der Waals surface area contributed by atoms with Gasteiger partial charge in [-0.3, -0.25) is 4.89 Å². The lowest BCUT2D eigenvalue weighted by atomic mass is 10.7. The predicted molar refractivity (Wildman–Crippen MR) is 45.0 cm³/mol. The molecular formula is C8H16O5. The lowest BCUT2D eigenvalue weighted by molar-refractivity contribution is -0.278. The standard InChI is InChI=1S/C8H16O5/c1-3-10-5-6-12-13-8(9)7-11-4-2/h3-7H2,1-2H3. The minimum absolute atomic E-state index is 0.0782. The number of carbonyl (C=O) groups excluding carboxylic acids is 1. The molecule has 78 valence electrons. The summed E-state index contributed by atoms with van der Waals surface area (Å²) in [6, 6.07) is 0. The quantitative estimate of drug-likeness (QED) is 0.319. The van der Waals surface area contributed by atoms with Gasteiger partial charge < -0.3 is 9.47 Å². The molecule has 0 aliphatic carbocycles. The van der Waals surface area contributed by atoms with Crippen molar-refractivity contribution in [3.63, 3.8) is 0 Å². The highest BCUT2D eigenvalue weighted by Crippen LogP contribution is 1.84. The summed E-state index contributed by atoms with van der Waals surface area (Å²) >= 11 is 0. The van der Waals surface area contributed by atoms with E-state index in [-0.39, 0.29) is 13.2 Å². The van der Waals surface area contributed by atoms with Gasteiger partial charge in [-0.05, 0) is 13.8 Å². The van der Waals surface area contributed by atoms with Crippen molar-refractivity contribution in [3.8, 4) is 0 Å². The fourth-order valence-electron chi connectivity index (χ4n) is 0.554. The largest absolute Gasteiger partial charge is 0.379 e. The molecule has 0 bridgehead atoms. The van der Waals surface area contributed by atoms with E-state index in [4.69, 9.17) is 9.47 Å². The Morgan fingerprint density at radius 3 is 2.38 bits per heavy atom. The zero-order valence-electron chi connectivity index (χ0n) is 8.08. The number of carbonyl (C=O) groups is 1. The first-order valence-electron chi connectivity index (χ1n) is 4.29. The van der Waals surface area contributed by atoms with Gasteiger partial charge in [-0.25, -0.2) is 4.79 Å². The lowest BCUT2D eigenvalue weighted by Gasteiger charge is -2.03. The monoisotopic (exact) mass is 192 g/mol. The second-order valence-corrected chi connectivity index (χ2v) is 2.11. The van der Waals surface area contributed by atoms with E-state index in [0.29, 0.717) is 19.8 Å². The van der Waals surface area contributed by atoms with Crippen molar-refractivity contribution < 1.29 is 24.0 Å². The Bertz CT molecular complexity index is 126. The fraction of sp³-hybridized carbons (Fsp3) is 0.875. The zero-order chi connectivity index (χ0) is 9.94. The van der Waals surface area contributed by atoms with Gasteiger partial charge in [0.25, 0.3) is 0 Å². The van der Waals surface area contributed by atoms with Crippen LogP contribution in [-0.4, -0.2) is 39.0 Å². The summed E-state index contributed by atoms with van der Waals surface area (Å²) in [7, 11) is 0. The van der Waals surface area contributed by atoms with Crippen LogP contribution >= 0.6 is 0 Å². The molecule has 0 aliphatic rings. The minimum atomic E-state index is -0.529. The molecule has 0 heterocycles. The Morgan fingerprint density at radius 1 is 1.08 bits per heavy atom. The molecule has 0 aromatic heterocycles. The van der Waals surface area contributed by atoms with Gasteiger partial charge in [0.1, 0.15) is 13.2 Å². The van der Waals surface area contributed by atoms with Crippen LogP contribution in [0, 0.1) is 0 Å². The smallest absolute Gasteiger partial charge is 0.367 e. The Hall–Kier alpha value is -0.650. The third kappa shape index (κ3) is 9.26. The first-order chi connectivity index (χ1) is 6.31. The van der Waals surface area contributed by atoms with E-state index in [1.54, 1.807) is 6.92 Å². The third-order valence-electron chi connectivity index (χ3n) is 1.09. The Labute approximate surface area is 77.8 Å². The summed E-state index contributed by atoms with van der Waals surface area (Å²) in [6.07, 6.45) is 0. The first kappa shape index (κ1) is 12.3. The van der Waals surface area contributed by atoms with Crippen LogP contribution in [0.25, 0.3) is 0 Å². The predicted octanol–water partition coefficient (Wildman–Crippen LogP) is 0.534. The molecule has 0 fully saturated rings. The van der Waals surface area contributed by atoms with Crippen molar-refractivity contribution in [2.24, 2.45) is 0 Å². The fourth-order valence-corrected chi connectivity index (χ4v) is 0.554. The maximum atomic E-state index is 10.7. The van der Waals surface area contributed by atoms with E-state index in [1.165, 1.54) is 0 Å². The number of ether oxygens (including phenoxy) is 2. The summed E-state index contributed by atoms with van der Waals surface area (Å²) < 4.78 is 9.74. The number of hydrogen-bond acceptors (Lipinski definition) is 5. The first-order valence-corrected chi connectivity index (χ1v) is 4.29. The zero-order valence-corrected chi connectivity index (χ0v) is 8.08. The molecule has 0 amide bonds. The van der Waals surface area contributed by atoms with Crippen molar-refractivity contribution in [2.75, 3.05) is 33.0 Å². The Morgan fingerprint density at radius 2 is 1.77 bits per heavy atom. The molecule has 0 rings (SSSR count). The second-order valence-electron chi connectivity index (χ2n) is 2.11. The van der Waals surface area contributed by atoms with Crippen LogP contribution < -0.4 is 0 Å². The summed E-state index contributed by atoms with van der Waals surface area (Å²) in [6.45, 7) is 5.35. The molecule has 5 nitrogen and oxygen atoms in total. The highest BCUT2D eigenvalue weighted by molar-refractivity contribution is 5.69. The van der Waals surface area contributed by atoms with Gasteiger partial charge in [0.2, 0.25) is 0 Å². The molecule has 0 saturated heterocycles. The van der Waals surface area contributed by atoms with Crippen molar-refractivity contribution in [3.05, 3.63) is 0 Å². The summed E-state index contributed by atoms with van der Waals surface area (Å²) in [5, 5.41) is 0. The van der Waals surface area contributed by atoms with Gasteiger partial charge in [-0.15, -0.1) is 0 Å². The molecule has 0 aromatic rings. The molecular weight excluding hydrogens is 176 g/mol. The molecule has 5 heteroatoms. The van der Waals surface area contributed by atoms with Crippen LogP contribution in [0.3, 0.4) is 0 Å². The molecule has 0 atom stereocenters. The molecule has 0 unspecified atom stereocenters. The molecule has 0 aliphatic heterocycles.